The number of para-hydroxylation sites is 1. The topological polar surface area (TPSA) is 157 Å². The lowest BCUT2D eigenvalue weighted by Crippen LogP contribution is -2.42. The van der Waals surface area contributed by atoms with Crippen LogP contribution in [-0.4, -0.2) is 60.2 Å². The number of ether oxygens (including phenoxy) is 3. The fourth-order valence-corrected chi connectivity index (χ4v) is 4.64. The molecule has 11 heteroatoms. The van der Waals surface area contributed by atoms with Crippen LogP contribution in [0.3, 0.4) is 0 Å². The fraction of sp³-hybridized carbons (Fsp3) is 0.621. The van der Waals surface area contributed by atoms with Crippen LogP contribution in [0.5, 0.6) is 5.75 Å². The molecule has 0 spiro atoms. The molecule has 0 bridgehead atoms. The molecular formula is C29H42N2O9. The minimum atomic E-state index is -0.961. The van der Waals surface area contributed by atoms with Crippen LogP contribution < -0.4 is 10.6 Å². The Balaban J connectivity index is 2.10. The lowest BCUT2D eigenvalue weighted by atomic mass is 9.92. The Kier molecular flexibility index (Phi) is 12.9. The second-order valence-electron chi connectivity index (χ2n) is 10.6. The number of phenolic OH excluding ortho intramolecular Hbond substituents is 1. The van der Waals surface area contributed by atoms with Gasteiger partial charge in [0.2, 0.25) is 6.41 Å². The monoisotopic (exact) mass is 562 g/mol. The van der Waals surface area contributed by atoms with Gasteiger partial charge in [-0.1, -0.05) is 39.7 Å². The maximum atomic E-state index is 13.2. The smallest absolute Gasteiger partial charge is 0.313 e. The number of hydrogen-bond acceptors (Lipinski definition) is 9. The first-order valence-electron chi connectivity index (χ1n) is 13.9. The van der Waals surface area contributed by atoms with Crippen LogP contribution in [0, 0.1) is 17.8 Å². The highest BCUT2D eigenvalue weighted by atomic mass is 16.6. The van der Waals surface area contributed by atoms with E-state index in [0.29, 0.717) is 25.7 Å². The predicted molar refractivity (Wildman–Crippen MR) is 146 cm³/mol. The molecule has 0 aliphatic carbocycles. The van der Waals surface area contributed by atoms with E-state index in [1.54, 1.807) is 13.8 Å². The second kappa shape index (κ2) is 15.8. The van der Waals surface area contributed by atoms with Gasteiger partial charge in [0.1, 0.15) is 12.2 Å². The largest absolute Gasteiger partial charge is 0.505 e. The lowest BCUT2D eigenvalue weighted by molar-refractivity contribution is -0.176. The average Bonchev–Trinajstić information content (AvgIpc) is 2.90. The van der Waals surface area contributed by atoms with Gasteiger partial charge in [-0.15, -0.1) is 0 Å². The summed E-state index contributed by atoms with van der Waals surface area (Å²) in [7, 11) is 0. The van der Waals surface area contributed by atoms with E-state index in [9.17, 15) is 29.1 Å². The molecule has 0 radical (unpaired) electrons. The van der Waals surface area contributed by atoms with E-state index in [0.717, 1.165) is 6.42 Å². The Morgan fingerprint density at radius 2 is 1.70 bits per heavy atom. The Morgan fingerprint density at radius 1 is 1.05 bits per heavy atom. The maximum Gasteiger partial charge on any atom is 0.313 e. The Bertz CT molecular complexity index is 1040. The summed E-state index contributed by atoms with van der Waals surface area (Å²) in [4.78, 5) is 62.2. The Morgan fingerprint density at radius 3 is 2.35 bits per heavy atom. The van der Waals surface area contributed by atoms with Gasteiger partial charge in [0.25, 0.3) is 5.91 Å². The normalized spacial score (nSPS) is 23.2. The summed E-state index contributed by atoms with van der Waals surface area (Å²) in [6.45, 7) is 9.16. The van der Waals surface area contributed by atoms with Crippen molar-refractivity contribution in [2.45, 2.75) is 91.5 Å². The molecule has 1 aromatic carbocycles. The van der Waals surface area contributed by atoms with Crippen molar-refractivity contribution in [1.82, 2.24) is 5.32 Å². The van der Waals surface area contributed by atoms with Crippen LogP contribution in [0.25, 0.3) is 0 Å². The summed E-state index contributed by atoms with van der Waals surface area (Å²) in [5.41, 5.74) is 0.0900. The van der Waals surface area contributed by atoms with E-state index >= 15 is 0 Å². The third-order valence-corrected chi connectivity index (χ3v) is 6.82. The standard InChI is InChI=1S/C29H42N2O9/c1-6-7-10-22-26(40-24(33)15-17(2)3)19(5)39-28(36)20(18(4)38-29(22)37)12-9-14-30-27(35)21-11-8-13-23(25(21)34)31-16-32/h8,11,13,16-20,22,26,34H,6-7,9-10,12,14-15H2,1-5H3,(H,30,35)(H,31,32)/t18-,19+,20?,22-,26+/m1/s1. The van der Waals surface area contributed by atoms with E-state index in [1.807, 2.05) is 20.8 Å². The van der Waals surface area contributed by atoms with Gasteiger partial charge in [-0.2, -0.15) is 0 Å². The van der Waals surface area contributed by atoms with E-state index < -0.39 is 54.0 Å². The van der Waals surface area contributed by atoms with Gasteiger partial charge in [0, 0.05) is 13.0 Å². The molecule has 1 heterocycles. The van der Waals surface area contributed by atoms with Crippen molar-refractivity contribution in [1.29, 1.82) is 0 Å². The number of aromatic hydroxyl groups is 1. The van der Waals surface area contributed by atoms with Gasteiger partial charge in [-0.05, 0) is 51.2 Å². The molecule has 0 saturated carbocycles. The van der Waals surface area contributed by atoms with Crippen molar-refractivity contribution in [2.24, 2.45) is 17.8 Å². The SMILES string of the molecule is CCCC[C@H]1C(=O)O[C@H](C)C(CCCNC(=O)c2cccc(NC=O)c2O)C(=O)O[C@@H](C)[C@@H]1OC(=O)CC(C)C. The first-order valence-corrected chi connectivity index (χ1v) is 13.9. The van der Waals surface area contributed by atoms with Crippen molar-refractivity contribution >= 4 is 35.9 Å². The molecule has 2 rings (SSSR count). The third-order valence-electron chi connectivity index (χ3n) is 6.82. The number of amides is 2. The molecule has 222 valence electrons. The Labute approximate surface area is 235 Å². The van der Waals surface area contributed by atoms with Crippen LogP contribution in [0.15, 0.2) is 18.2 Å². The third kappa shape index (κ3) is 9.24. The van der Waals surface area contributed by atoms with Crippen molar-refractivity contribution in [3.8, 4) is 5.75 Å². The van der Waals surface area contributed by atoms with E-state index in [1.165, 1.54) is 18.2 Å². The molecule has 1 saturated heterocycles. The van der Waals surface area contributed by atoms with Crippen molar-refractivity contribution in [2.75, 3.05) is 11.9 Å². The number of esters is 3. The number of hydrogen-bond donors (Lipinski definition) is 3. The molecule has 3 N–H and O–H groups in total. The number of carbonyl (C=O) groups is 5. The number of unbranched alkanes of at least 4 members (excludes halogenated alkanes) is 1. The van der Waals surface area contributed by atoms with Crippen molar-refractivity contribution in [3.05, 3.63) is 23.8 Å². The highest BCUT2D eigenvalue weighted by Gasteiger charge is 2.43. The van der Waals surface area contributed by atoms with Gasteiger partial charge < -0.3 is 30.0 Å². The van der Waals surface area contributed by atoms with Crippen LogP contribution in [0.1, 0.15) is 83.5 Å². The molecule has 1 fully saturated rings. The highest BCUT2D eigenvalue weighted by Crippen LogP contribution is 2.30. The van der Waals surface area contributed by atoms with Gasteiger partial charge in [-0.25, -0.2) is 0 Å². The fourth-order valence-electron chi connectivity index (χ4n) is 4.64. The molecule has 5 atom stereocenters. The zero-order valence-electron chi connectivity index (χ0n) is 23.9. The van der Waals surface area contributed by atoms with E-state index in [4.69, 9.17) is 14.2 Å². The number of benzene rings is 1. The summed E-state index contributed by atoms with van der Waals surface area (Å²) in [6, 6.07) is 4.39. The van der Waals surface area contributed by atoms with Crippen molar-refractivity contribution < 1.29 is 43.3 Å². The summed E-state index contributed by atoms with van der Waals surface area (Å²) in [5, 5.41) is 15.2. The summed E-state index contributed by atoms with van der Waals surface area (Å²) in [5.74, 6) is -3.99. The molecule has 2 amide bonds. The number of phenols is 1. The molecule has 0 aromatic heterocycles. The first kappa shape index (κ1) is 32.6. The zero-order chi connectivity index (χ0) is 29.8. The molecule has 1 aliphatic heterocycles. The number of carbonyl (C=O) groups excluding carboxylic acids is 5. The molecular weight excluding hydrogens is 520 g/mol. The predicted octanol–water partition coefficient (Wildman–Crippen LogP) is 3.73. The van der Waals surface area contributed by atoms with Gasteiger partial charge in [0.15, 0.2) is 11.9 Å². The molecule has 1 unspecified atom stereocenters. The quantitative estimate of drug-likeness (QED) is 0.107. The lowest BCUT2D eigenvalue weighted by Gasteiger charge is -2.29. The van der Waals surface area contributed by atoms with Crippen LogP contribution in [0.4, 0.5) is 5.69 Å². The zero-order valence-corrected chi connectivity index (χ0v) is 23.9. The van der Waals surface area contributed by atoms with Gasteiger partial charge in [0.05, 0.1) is 23.1 Å². The van der Waals surface area contributed by atoms with Crippen LogP contribution >= 0.6 is 0 Å². The maximum absolute atomic E-state index is 13.2. The minimum Gasteiger partial charge on any atom is -0.505 e. The summed E-state index contributed by atoms with van der Waals surface area (Å²) < 4.78 is 17.1. The number of rotatable bonds is 13. The summed E-state index contributed by atoms with van der Waals surface area (Å²) in [6.07, 6.45) is 0.501. The summed E-state index contributed by atoms with van der Waals surface area (Å²) >= 11 is 0. The molecule has 11 nitrogen and oxygen atoms in total. The molecule has 1 aromatic rings. The van der Waals surface area contributed by atoms with Crippen LogP contribution in [-0.2, 0) is 33.4 Å². The number of cyclic esters (lactones) is 2. The minimum absolute atomic E-state index is 0.0130. The Hall–Kier alpha value is -3.63. The van der Waals surface area contributed by atoms with E-state index in [2.05, 4.69) is 10.6 Å². The number of anilines is 1. The van der Waals surface area contributed by atoms with Crippen LogP contribution in [0.2, 0.25) is 0 Å². The van der Waals surface area contributed by atoms with E-state index in [-0.39, 0.29) is 42.3 Å². The first-order chi connectivity index (χ1) is 19.0. The van der Waals surface area contributed by atoms with Gasteiger partial charge in [-0.3, -0.25) is 24.0 Å². The van der Waals surface area contributed by atoms with Crippen molar-refractivity contribution in [3.63, 3.8) is 0 Å². The number of nitrogens with one attached hydrogen (secondary N) is 2. The highest BCUT2D eigenvalue weighted by molar-refractivity contribution is 5.99. The average molecular weight is 563 g/mol. The second-order valence-corrected chi connectivity index (χ2v) is 10.6. The molecule has 1 aliphatic rings. The van der Waals surface area contributed by atoms with Gasteiger partial charge >= 0.3 is 17.9 Å². The molecule has 40 heavy (non-hydrogen) atoms.